The molecule has 0 bridgehead atoms. The first-order valence-electron chi connectivity index (χ1n) is 6.46. The highest BCUT2D eigenvalue weighted by molar-refractivity contribution is 6.46. The molecular weight excluding hydrogens is 279 g/mol. The van der Waals surface area contributed by atoms with Crippen molar-refractivity contribution in [3.05, 3.63) is 23.5 Å². The van der Waals surface area contributed by atoms with Crippen LogP contribution in [-0.2, 0) is 9.59 Å². The highest BCUT2D eigenvalue weighted by atomic mass is 19.1. The minimum absolute atomic E-state index is 0.0923. The van der Waals surface area contributed by atoms with Crippen LogP contribution >= 0.6 is 0 Å². The Bertz CT molecular complexity index is 822. The average molecular weight is 288 g/mol. The molecule has 1 aliphatic carbocycles. The molecule has 21 heavy (non-hydrogen) atoms. The number of aromatic nitrogens is 1. The van der Waals surface area contributed by atoms with E-state index in [-0.39, 0.29) is 28.9 Å². The second-order valence-electron chi connectivity index (χ2n) is 5.50. The number of rotatable bonds is 2. The number of aldehydes is 1. The predicted molar refractivity (Wildman–Crippen MR) is 68.4 cm³/mol. The van der Waals surface area contributed by atoms with Gasteiger partial charge in [0.1, 0.15) is 6.29 Å². The summed E-state index contributed by atoms with van der Waals surface area (Å²) < 4.78 is 18.7. The smallest absolute Gasteiger partial charge is 0.296 e. The molecule has 6 nitrogen and oxygen atoms in total. The Morgan fingerprint density at radius 2 is 2.10 bits per heavy atom. The number of halogens is 1. The molecule has 1 aliphatic heterocycles. The van der Waals surface area contributed by atoms with Gasteiger partial charge in [-0.15, -0.1) is 0 Å². The number of fused-ring (bicyclic) bond motifs is 1. The Kier molecular flexibility index (Phi) is 2.18. The van der Waals surface area contributed by atoms with E-state index in [9.17, 15) is 18.8 Å². The van der Waals surface area contributed by atoms with Gasteiger partial charge in [0.25, 0.3) is 5.91 Å². The summed E-state index contributed by atoms with van der Waals surface area (Å²) in [6, 6.07) is 2.43. The van der Waals surface area contributed by atoms with E-state index in [1.165, 1.54) is 11.0 Å². The summed E-state index contributed by atoms with van der Waals surface area (Å²) in [4.78, 5) is 36.1. The van der Waals surface area contributed by atoms with E-state index in [0.717, 1.165) is 6.07 Å². The highest BCUT2D eigenvalue weighted by Gasteiger charge is 2.60. The zero-order chi connectivity index (χ0) is 14.8. The molecule has 1 saturated heterocycles. The predicted octanol–water partition coefficient (Wildman–Crippen LogP) is 1.48. The lowest BCUT2D eigenvalue weighted by molar-refractivity contribution is -0.136. The minimum atomic E-state index is -0.729. The number of nitrogens with zero attached hydrogens (tertiary/aromatic N) is 2. The summed E-state index contributed by atoms with van der Waals surface area (Å²) in [6.07, 6.45) is 1.86. The lowest BCUT2D eigenvalue weighted by Crippen LogP contribution is -2.27. The van der Waals surface area contributed by atoms with Crippen LogP contribution < -0.4 is 4.90 Å². The van der Waals surface area contributed by atoms with E-state index in [0.29, 0.717) is 19.1 Å². The molecule has 4 rings (SSSR count). The van der Waals surface area contributed by atoms with Crippen molar-refractivity contribution in [2.45, 2.75) is 12.8 Å². The van der Waals surface area contributed by atoms with Crippen molar-refractivity contribution < 1.29 is 23.3 Å². The maximum atomic E-state index is 13.8. The van der Waals surface area contributed by atoms with E-state index in [2.05, 4.69) is 5.16 Å². The molecule has 0 atom stereocenters. The fourth-order valence-corrected chi connectivity index (χ4v) is 2.78. The van der Waals surface area contributed by atoms with Crippen LogP contribution in [0.2, 0.25) is 0 Å². The van der Waals surface area contributed by atoms with Crippen LogP contribution in [0.5, 0.6) is 0 Å². The van der Waals surface area contributed by atoms with Gasteiger partial charge in [0, 0.05) is 12.1 Å². The van der Waals surface area contributed by atoms with Crippen molar-refractivity contribution in [3.8, 4) is 0 Å². The Balaban J connectivity index is 1.88. The summed E-state index contributed by atoms with van der Waals surface area (Å²) in [5.74, 6) is -1.72. The van der Waals surface area contributed by atoms with Crippen molar-refractivity contribution in [1.29, 1.82) is 0 Å². The van der Waals surface area contributed by atoms with E-state index in [1.54, 1.807) is 0 Å². The van der Waals surface area contributed by atoms with Crippen LogP contribution in [0.15, 0.2) is 16.7 Å². The zero-order valence-corrected chi connectivity index (χ0v) is 10.8. The van der Waals surface area contributed by atoms with Crippen LogP contribution in [0.25, 0.3) is 11.0 Å². The molecule has 1 amide bonds. The number of carbonyl (C=O) groups excluding carboxylic acids is 3. The number of amides is 1. The van der Waals surface area contributed by atoms with Gasteiger partial charge in [0.05, 0.1) is 10.8 Å². The quantitative estimate of drug-likeness (QED) is 0.617. The van der Waals surface area contributed by atoms with Gasteiger partial charge in [-0.1, -0.05) is 5.16 Å². The van der Waals surface area contributed by atoms with Crippen molar-refractivity contribution in [2.75, 3.05) is 11.4 Å². The van der Waals surface area contributed by atoms with Crippen LogP contribution in [0, 0.1) is 11.2 Å². The molecule has 2 aliphatic rings. The van der Waals surface area contributed by atoms with Gasteiger partial charge in [0.15, 0.2) is 11.6 Å². The van der Waals surface area contributed by atoms with Crippen molar-refractivity contribution in [1.82, 2.24) is 5.16 Å². The fourth-order valence-electron chi connectivity index (χ4n) is 2.78. The SMILES string of the molecule is O=Cc1cc(F)c2onc(N3CC4(CC4)C(=O)C3=O)c2c1. The van der Waals surface area contributed by atoms with E-state index in [1.807, 2.05) is 0 Å². The molecule has 0 N–H and O–H groups in total. The van der Waals surface area contributed by atoms with Crippen LogP contribution in [-0.4, -0.2) is 29.7 Å². The van der Waals surface area contributed by atoms with E-state index < -0.39 is 22.9 Å². The van der Waals surface area contributed by atoms with Gasteiger partial charge in [-0.05, 0) is 25.0 Å². The Morgan fingerprint density at radius 3 is 2.71 bits per heavy atom. The third-order valence-electron chi connectivity index (χ3n) is 4.16. The lowest BCUT2D eigenvalue weighted by Gasteiger charge is -2.11. The number of anilines is 1. The van der Waals surface area contributed by atoms with Crippen molar-refractivity contribution >= 4 is 34.8 Å². The number of ketones is 1. The van der Waals surface area contributed by atoms with E-state index >= 15 is 0 Å². The van der Waals surface area contributed by atoms with E-state index in [4.69, 9.17) is 4.52 Å². The first kappa shape index (κ1) is 12.2. The molecular formula is C14H9FN2O4. The maximum absolute atomic E-state index is 13.8. The molecule has 2 heterocycles. The second-order valence-corrected chi connectivity index (χ2v) is 5.50. The summed E-state index contributed by atoms with van der Waals surface area (Å²) in [5.41, 5.74) is -0.612. The average Bonchev–Trinajstić information content (AvgIpc) is 3.08. The lowest BCUT2D eigenvalue weighted by atomic mass is 10.1. The van der Waals surface area contributed by atoms with Gasteiger partial charge >= 0.3 is 0 Å². The molecule has 2 aromatic rings. The minimum Gasteiger partial charge on any atom is -0.351 e. The molecule has 0 unspecified atom stereocenters. The summed E-state index contributed by atoms with van der Waals surface area (Å²) in [7, 11) is 0. The second kappa shape index (κ2) is 3.75. The van der Waals surface area contributed by atoms with Gasteiger partial charge < -0.3 is 4.52 Å². The molecule has 0 radical (unpaired) electrons. The molecule has 106 valence electrons. The molecule has 7 heteroatoms. The van der Waals surface area contributed by atoms with Crippen molar-refractivity contribution in [2.24, 2.45) is 5.41 Å². The topological polar surface area (TPSA) is 80.5 Å². The summed E-state index contributed by atoms with van der Waals surface area (Å²) in [5, 5.41) is 3.93. The number of hydrogen-bond donors (Lipinski definition) is 0. The summed E-state index contributed by atoms with van der Waals surface area (Å²) >= 11 is 0. The van der Waals surface area contributed by atoms with Gasteiger partial charge in [0.2, 0.25) is 11.4 Å². The molecule has 1 aromatic carbocycles. The Labute approximate surface area is 117 Å². The largest absolute Gasteiger partial charge is 0.351 e. The third kappa shape index (κ3) is 1.51. The number of benzene rings is 1. The number of Topliss-reactive ketones (excluding diaryl/α,β-unsaturated/α-hetero) is 1. The summed E-state index contributed by atoms with van der Waals surface area (Å²) in [6.45, 7) is 0.235. The molecule has 1 spiro atoms. The van der Waals surface area contributed by atoms with Crippen LogP contribution in [0.3, 0.4) is 0 Å². The zero-order valence-electron chi connectivity index (χ0n) is 10.8. The maximum Gasteiger partial charge on any atom is 0.296 e. The normalized spacial score (nSPS) is 19.8. The van der Waals surface area contributed by atoms with Crippen LogP contribution in [0.1, 0.15) is 23.2 Å². The highest BCUT2D eigenvalue weighted by Crippen LogP contribution is 2.52. The Hall–Kier alpha value is -2.57. The van der Waals surface area contributed by atoms with Crippen LogP contribution in [0.4, 0.5) is 10.2 Å². The molecule has 1 saturated carbocycles. The third-order valence-corrected chi connectivity index (χ3v) is 4.16. The number of carbonyl (C=O) groups is 3. The van der Waals surface area contributed by atoms with Gasteiger partial charge in [-0.3, -0.25) is 19.3 Å². The van der Waals surface area contributed by atoms with Gasteiger partial charge in [-0.2, -0.15) is 0 Å². The number of hydrogen-bond acceptors (Lipinski definition) is 5. The Morgan fingerprint density at radius 1 is 1.33 bits per heavy atom. The van der Waals surface area contributed by atoms with Gasteiger partial charge in [-0.25, -0.2) is 4.39 Å². The monoisotopic (exact) mass is 288 g/mol. The fraction of sp³-hybridized carbons (Fsp3) is 0.286. The first-order chi connectivity index (χ1) is 10.1. The van der Waals surface area contributed by atoms with Crippen molar-refractivity contribution in [3.63, 3.8) is 0 Å². The molecule has 2 fully saturated rings. The first-order valence-corrected chi connectivity index (χ1v) is 6.46. The molecule has 1 aromatic heterocycles. The standard InChI is InChI=1S/C14H9FN2O4/c15-9-4-7(5-18)3-8-10(9)21-16-12(8)17-6-14(1-2-14)11(19)13(17)20/h3-5H,1-2,6H2.